The van der Waals surface area contributed by atoms with Gasteiger partial charge >= 0.3 is 0 Å². The van der Waals surface area contributed by atoms with Crippen LogP contribution in [0.2, 0.25) is 10.0 Å². The fourth-order valence-corrected chi connectivity index (χ4v) is 3.76. The van der Waals surface area contributed by atoms with E-state index >= 15 is 0 Å². The highest BCUT2D eigenvalue weighted by Gasteiger charge is 2.13. The maximum absolute atomic E-state index is 12.2. The first-order chi connectivity index (χ1) is 12.1. The van der Waals surface area contributed by atoms with Gasteiger partial charge in [0, 0.05) is 0 Å². The minimum atomic E-state index is -0.414. The topological polar surface area (TPSA) is 43.6 Å². The van der Waals surface area contributed by atoms with Crippen LogP contribution in [0.15, 0.2) is 47.5 Å². The summed E-state index contributed by atoms with van der Waals surface area (Å²) < 4.78 is 7.97. The van der Waals surface area contributed by atoms with Gasteiger partial charge in [0.05, 0.1) is 26.8 Å². The number of terminal acetylenes is 1. The average Bonchev–Trinajstić information content (AvgIpc) is 2.96. The van der Waals surface area contributed by atoms with Crippen molar-refractivity contribution in [3.63, 3.8) is 0 Å². The van der Waals surface area contributed by atoms with Crippen LogP contribution in [-0.4, -0.2) is 17.1 Å². The van der Waals surface area contributed by atoms with Gasteiger partial charge in [-0.3, -0.25) is 4.79 Å². The van der Waals surface area contributed by atoms with Crippen molar-refractivity contribution in [1.29, 1.82) is 0 Å². The summed E-state index contributed by atoms with van der Waals surface area (Å²) in [5, 5.41) is 0.808. The van der Waals surface area contributed by atoms with Crippen LogP contribution in [0.5, 0.6) is 5.75 Å². The van der Waals surface area contributed by atoms with E-state index in [0.717, 1.165) is 4.70 Å². The summed E-state index contributed by atoms with van der Waals surface area (Å²) in [6.45, 7) is 0.0640. The number of fused-ring (bicyclic) bond motifs is 1. The van der Waals surface area contributed by atoms with Crippen LogP contribution < -0.4 is 9.54 Å². The van der Waals surface area contributed by atoms with Crippen molar-refractivity contribution in [2.75, 3.05) is 6.61 Å². The first-order valence-electron chi connectivity index (χ1n) is 7.26. The minimum absolute atomic E-state index is 0.164. The summed E-state index contributed by atoms with van der Waals surface area (Å²) in [4.78, 5) is 16.7. The number of carbonyl (C=O) groups is 1. The Morgan fingerprint density at radius 2 is 2.00 bits per heavy atom. The number of amides is 1. The number of hydrogen-bond donors (Lipinski definition) is 0. The molecule has 0 atom stereocenters. The van der Waals surface area contributed by atoms with E-state index in [0.29, 0.717) is 26.1 Å². The van der Waals surface area contributed by atoms with Crippen molar-refractivity contribution >= 4 is 50.7 Å². The van der Waals surface area contributed by atoms with Crippen LogP contribution in [0.3, 0.4) is 0 Å². The zero-order chi connectivity index (χ0) is 17.8. The molecule has 1 aromatic heterocycles. The standard InChI is InChI=1S/C18H12Cl2N2O2S/c1-2-10-22-17-14(9-8-13(19)16(17)20)25-18(22)21-15(23)11-24-12-6-4-3-5-7-12/h1,3-9H,10-11H2. The van der Waals surface area contributed by atoms with Gasteiger partial charge < -0.3 is 9.30 Å². The molecule has 1 heterocycles. The van der Waals surface area contributed by atoms with Gasteiger partial charge in [0.15, 0.2) is 11.4 Å². The van der Waals surface area contributed by atoms with Crippen molar-refractivity contribution in [3.05, 3.63) is 57.3 Å². The van der Waals surface area contributed by atoms with Crippen molar-refractivity contribution in [2.24, 2.45) is 4.99 Å². The van der Waals surface area contributed by atoms with Crippen molar-refractivity contribution in [3.8, 4) is 18.1 Å². The predicted molar refractivity (Wildman–Crippen MR) is 101 cm³/mol. The van der Waals surface area contributed by atoms with Gasteiger partial charge in [-0.1, -0.05) is 58.7 Å². The van der Waals surface area contributed by atoms with E-state index in [1.54, 1.807) is 22.8 Å². The number of benzene rings is 2. The Labute approximate surface area is 158 Å². The van der Waals surface area contributed by atoms with Gasteiger partial charge in [-0.05, 0) is 24.3 Å². The summed E-state index contributed by atoms with van der Waals surface area (Å²) in [6, 6.07) is 12.6. The molecule has 2 aromatic carbocycles. The lowest BCUT2D eigenvalue weighted by Crippen LogP contribution is -2.19. The molecular weight excluding hydrogens is 379 g/mol. The Hall–Kier alpha value is -2.26. The van der Waals surface area contributed by atoms with Crippen LogP contribution >= 0.6 is 34.5 Å². The summed E-state index contributed by atoms with van der Waals surface area (Å²) in [6.07, 6.45) is 5.44. The van der Waals surface area contributed by atoms with E-state index in [2.05, 4.69) is 10.9 Å². The van der Waals surface area contributed by atoms with Crippen LogP contribution in [-0.2, 0) is 11.3 Å². The molecule has 0 saturated heterocycles. The average molecular weight is 391 g/mol. The molecule has 0 saturated carbocycles. The summed E-state index contributed by atoms with van der Waals surface area (Å²) >= 11 is 13.7. The molecule has 3 rings (SSSR count). The zero-order valence-corrected chi connectivity index (χ0v) is 15.2. The molecule has 126 valence electrons. The number of nitrogens with zero attached hydrogens (tertiary/aromatic N) is 2. The van der Waals surface area contributed by atoms with Gasteiger partial charge in [0.2, 0.25) is 0 Å². The molecule has 0 unspecified atom stereocenters. The molecule has 0 aliphatic heterocycles. The van der Waals surface area contributed by atoms with Gasteiger partial charge in [-0.2, -0.15) is 4.99 Å². The van der Waals surface area contributed by atoms with E-state index in [1.807, 2.05) is 24.3 Å². The fourth-order valence-electron chi connectivity index (χ4n) is 2.23. The van der Waals surface area contributed by atoms with E-state index in [1.165, 1.54) is 11.3 Å². The number of rotatable bonds is 4. The number of ether oxygens (including phenoxy) is 1. The molecule has 0 N–H and O–H groups in total. The Morgan fingerprint density at radius 1 is 1.24 bits per heavy atom. The number of halogens is 2. The number of aromatic nitrogens is 1. The first kappa shape index (κ1) is 17.6. The Bertz CT molecular complexity index is 1030. The van der Waals surface area contributed by atoms with Gasteiger partial charge in [0.25, 0.3) is 5.91 Å². The molecule has 4 nitrogen and oxygen atoms in total. The molecule has 0 bridgehead atoms. The van der Waals surface area contributed by atoms with Crippen molar-refractivity contribution < 1.29 is 9.53 Å². The van der Waals surface area contributed by atoms with Crippen LogP contribution in [0.25, 0.3) is 10.2 Å². The number of carbonyl (C=O) groups excluding carboxylic acids is 1. The summed E-state index contributed by atoms with van der Waals surface area (Å²) in [7, 11) is 0. The van der Waals surface area contributed by atoms with E-state index in [-0.39, 0.29) is 13.2 Å². The second-order valence-electron chi connectivity index (χ2n) is 4.99. The van der Waals surface area contributed by atoms with Gasteiger partial charge in [-0.25, -0.2) is 0 Å². The smallest absolute Gasteiger partial charge is 0.286 e. The molecule has 25 heavy (non-hydrogen) atoms. The monoisotopic (exact) mass is 390 g/mol. The molecule has 0 spiro atoms. The third-order valence-corrected chi connectivity index (χ3v) is 5.15. The van der Waals surface area contributed by atoms with Crippen LogP contribution in [0.1, 0.15) is 0 Å². The second-order valence-corrected chi connectivity index (χ2v) is 6.78. The maximum Gasteiger partial charge on any atom is 0.286 e. The highest BCUT2D eigenvalue weighted by molar-refractivity contribution is 7.16. The predicted octanol–water partition coefficient (Wildman–Crippen LogP) is 4.15. The van der Waals surface area contributed by atoms with E-state index in [4.69, 9.17) is 34.4 Å². The van der Waals surface area contributed by atoms with Crippen LogP contribution in [0.4, 0.5) is 0 Å². The van der Waals surface area contributed by atoms with Crippen molar-refractivity contribution in [2.45, 2.75) is 6.54 Å². The zero-order valence-electron chi connectivity index (χ0n) is 12.9. The lowest BCUT2D eigenvalue weighted by molar-refractivity contribution is -0.120. The van der Waals surface area contributed by atoms with E-state index in [9.17, 15) is 4.79 Å². The molecule has 7 heteroatoms. The maximum atomic E-state index is 12.2. The molecule has 0 aliphatic carbocycles. The normalized spacial score (nSPS) is 11.5. The molecule has 0 radical (unpaired) electrons. The number of hydrogen-bond acceptors (Lipinski definition) is 3. The quantitative estimate of drug-likeness (QED) is 0.628. The molecular formula is C18H12Cl2N2O2S. The van der Waals surface area contributed by atoms with Gasteiger partial charge in [0.1, 0.15) is 5.75 Å². The SMILES string of the molecule is C#CCn1c(=NC(=O)COc2ccccc2)sc2ccc(Cl)c(Cl)c21. The molecule has 1 amide bonds. The Morgan fingerprint density at radius 3 is 2.72 bits per heavy atom. The Balaban J connectivity index is 1.95. The minimum Gasteiger partial charge on any atom is -0.484 e. The molecule has 0 fully saturated rings. The fraction of sp³-hybridized carbons (Fsp3) is 0.111. The summed E-state index contributed by atoms with van der Waals surface area (Å²) in [5.74, 6) is 2.74. The third kappa shape index (κ3) is 3.88. The third-order valence-electron chi connectivity index (χ3n) is 3.31. The highest BCUT2D eigenvalue weighted by atomic mass is 35.5. The Kier molecular flexibility index (Phi) is 5.44. The van der Waals surface area contributed by atoms with Gasteiger partial charge in [-0.15, -0.1) is 6.42 Å². The lowest BCUT2D eigenvalue weighted by Gasteiger charge is -2.04. The lowest BCUT2D eigenvalue weighted by atomic mass is 10.3. The van der Waals surface area contributed by atoms with Crippen molar-refractivity contribution in [1.82, 2.24) is 4.57 Å². The highest BCUT2D eigenvalue weighted by Crippen LogP contribution is 2.31. The second kappa shape index (κ2) is 7.75. The van der Waals surface area contributed by atoms with Crippen LogP contribution in [0, 0.1) is 12.3 Å². The number of thiazole rings is 1. The molecule has 3 aromatic rings. The first-order valence-corrected chi connectivity index (χ1v) is 8.83. The number of para-hydroxylation sites is 1. The molecule has 0 aliphatic rings. The summed E-state index contributed by atoms with van der Waals surface area (Å²) in [5.41, 5.74) is 0.674. The largest absolute Gasteiger partial charge is 0.484 e. The van der Waals surface area contributed by atoms with E-state index < -0.39 is 5.91 Å².